The number of fused-ring (bicyclic) bond motifs is 4. The van der Waals surface area contributed by atoms with E-state index >= 15 is 0 Å². The van der Waals surface area contributed by atoms with Gasteiger partial charge < -0.3 is 5.32 Å². The van der Waals surface area contributed by atoms with Gasteiger partial charge in [0.25, 0.3) is 0 Å². The lowest BCUT2D eigenvalue weighted by Gasteiger charge is -2.50. The number of nitrogens with one attached hydrogen (secondary N) is 1. The summed E-state index contributed by atoms with van der Waals surface area (Å²) in [6.07, 6.45) is 4.78. The average Bonchev–Trinajstić information content (AvgIpc) is 3.12. The van der Waals surface area contributed by atoms with E-state index in [0.29, 0.717) is 17.8 Å². The molecule has 1 aliphatic carbocycles. The lowest BCUT2D eigenvalue weighted by Crippen LogP contribution is -2.55. The van der Waals surface area contributed by atoms with E-state index in [2.05, 4.69) is 10.2 Å². The minimum absolute atomic E-state index is 0.127. The van der Waals surface area contributed by atoms with Gasteiger partial charge in [-0.3, -0.25) is 4.90 Å². The molecule has 2 aromatic carbocycles. The Morgan fingerprint density at radius 2 is 1.29 bits per heavy atom. The molecular formula is C24H28F2N2. The van der Waals surface area contributed by atoms with Crippen LogP contribution >= 0.6 is 0 Å². The second kappa shape index (κ2) is 7.23. The van der Waals surface area contributed by atoms with Crippen molar-refractivity contribution in [1.29, 1.82) is 0 Å². The van der Waals surface area contributed by atoms with Gasteiger partial charge in [-0.2, -0.15) is 0 Å². The summed E-state index contributed by atoms with van der Waals surface area (Å²) >= 11 is 0. The SMILES string of the molecule is Fc1ccc(C2CC3(N4CCCC4)CNCC2C(c2ccc(F)cc2)C3)cc1. The van der Waals surface area contributed by atoms with Gasteiger partial charge in [-0.1, -0.05) is 24.3 Å². The summed E-state index contributed by atoms with van der Waals surface area (Å²) in [5, 5.41) is 3.76. The minimum Gasteiger partial charge on any atom is -0.315 e. The molecule has 1 saturated carbocycles. The molecule has 4 heteroatoms. The minimum atomic E-state index is -0.176. The Bertz CT molecular complexity index is 756. The molecular weight excluding hydrogens is 354 g/mol. The molecule has 4 aliphatic rings. The van der Waals surface area contributed by atoms with Gasteiger partial charge in [0.2, 0.25) is 0 Å². The van der Waals surface area contributed by atoms with Crippen molar-refractivity contribution in [3.05, 3.63) is 71.3 Å². The number of hydrogen-bond donors (Lipinski definition) is 1. The van der Waals surface area contributed by atoms with E-state index in [1.165, 1.54) is 37.1 Å². The molecule has 4 fully saturated rings. The van der Waals surface area contributed by atoms with Gasteiger partial charge in [-0.25, -0.2) is 8.78 Å². The van der Waals surface area contributed by atoms with Gasteiger partial charge in [-0.15, -0.1) is 0 Å². The summed E-state index contributed by atoms with van der Waals surface area (Å²) in [5.74, 6) is 0.865. The standard InChI is InChI=1S/C24H28F2N2/c25-19-7-3-17(4-8-19)21-13-24(28-11-1-2-12-28)14-22(23(21)15-27-16-24)18-5-9-20(26)10-6-18/h3-10,21-23,27H,1-2,11-16H2. The zero-order valence-electron chi connectivity index (χ0n) is 16.2. The maximum Gasteiger partial charge on any atom is 0.123 e. The summed E-state index contributed by atoms with van der Waals surface area (Å²) in [7, 11) is 0. The van der Waals surface area contributed by atoms with Crippen molar-refractivity contribution in [2.45, 2.75) is 43.1 Å². The van der Waals surface area contributed by atoms with Crippen molar-refractivity contribution in [2.24, 2.45) is 5.92 Å². The van der Waals surface area contributed by atoms with E-state index in [4.69, 9.17) is 0 Å². The number of nitrogens with zero attached hydrogens (tertiary/aromatic N) is 1. The van der Waals surface area contributed by atoms with E-state index < -0.39 is 0 Å². The zero-order valence-corrected chi connectivity index (χ0v) is 16.2. The molecule has 3 saturated heterocycles. The lowest BCUT2D eigenvalue weighted by molar-refractivity contribution is 0.0543. The van der Waals surface area contributed by atoms with Crippen LogP contribution < -0.4 is 5.32 Å². The first kappa shape index (κ1) is 18.3. The largest absolute Gasteiger partial charge is 0.315 e. The Kier molecular flexibility index (Phi) is 4.72. The third-order valence-corrected chi connectivity index (χ3v) is 7.44. The summed E-state index contributed by atoms with van der Waals surface area (Å²) in [6, 6.07) is 14.3. The van der Waals surface area contributed by atoms with Gasteiger partial charge in [0.05, 0.1) is 0 Å². The highest BCUT2D eigenvalue weighted by molar-refractivity contribution is 5.31. The van der Waals surface area contributed by atoms with E-state index in [1.54, 1.807) is 24.3 Å². The van der Waals surface area contributed by atoms with Crippen molar-refractivity contribution >= 4 is 0 Å². The topological polar surface area (TPSA) is 15.3 Å². The molecule has 0 radical (unpaired) electrons. The quantitative estimate of drug-likeness (QED) is 0.829. The Morgan fingerprint density at radius 3 is 1.79 bits per heavy atom. The third kappa shape index (κ3) is 3.17. The highest BCUT2D eigenvalue weighted by atomic mass is 19.1. The highest BCUT2D eigenvalue weighted by Crippen LogP contribution is 2.53. The van der Waals surface area contributed by atoms with Crippen LogP contribution in [0, 0.1) is 17.6 Å². The van der Waals surface area contributed by atoms with Crippen molar-refractivity contribution in [3.8, 4) is 0 Å². The normalized spacial score (nSPS) is 33.1. The Morgan fingerprint density at radius 1 is 0.786 bits per heavy atom. The second-order valence-electron chi connectivity index (χ2n) is 8.94. The Balaban J connectivity index is 1.57. The van der Waals surface area contributed by atoms with Crippen LogP contribution in [0.2, 0.25) is 0 Å². The van der Waals surface area contributed by atoms with E-state index in [-0.39, 0.29) is 17.2 Å². The maximum absolute atomic E-state index is 13.6. The summed E-state index contributed by atoms with van der Waals surface area (Å²) < 4.78 is 27.1. The van der Waals surface area contributed by atoms with Gasteiger partial charge >= 0.3 is 0 Å². The Labute approximate surface area is 165 Å². The van der Waals surface area contributed by atoms with Crippen LogP contribution in [0.5, 0.6) is 0 Å². The van der Waals surface area contributed by atoms with Crippen LogP contribution in [0.1, 0.15) is 48.6 Å². The fraction of sp³-hybridized carbons (Fsp3) is 0.500. The zero-order chi connectivity index (χ0) is 19.1. The average molecular weight is 382 g/mol. The van der Waals surface area contributed by atoms with Gasteiger partial charge in [0, 0.05) is 12.1 Å². The van der Waals surface area contributed by atoms with Crippen LogP contribution in [-0.4, -0.2) is 36.6 Å². The predicted molar refractivity (Wildman–Crippen MR) is 107 cm³/mol. The maximum atomic E-state index is 13.6. The number of halogens is 2. The summed E-state index contributed by atoms with van der Waals surface area (Å²) in [5.41, 5.74) is 2.61. The molecule has 0 aromatic heterocycles. The highest BCUT2D eigenvalue weighted by Gasteiger charge is 2.52. The molecule has 2 nitrogen and oxygen atoms in total. The number of hydrogen-bond acceptors (Lipinski definition) is 2. The molecule has 2 aromatic rings. The molecule has 0 spiro atoms. The van der Waals surface area contributed by atoms with Gasteiger partial charge in [0.15, 0.2) is 0 Å². The second-order valence-corrected chi connectivity index (χ2v) is 8.94. The van der Waals surface area contributed by atoms with Crippen molar-refractivity contribution in [2.75, 3.05) is 26.2 Å². The molecule has 3 aliphatic heterocycles. The predicted octanol–water partition coefficient (Wildman–Crippen LogP) is 4.68. The molecule has 2 bridgehead atoms. The van der Waals surface area contributed by atoms with Crippen LogP contribution in [0.4, 0.5) is 8.78 Å². The molecule has 2 atom stereocenters. The fourth-order valence-corrected chi connectivity index (χ4v) is 6.10. The smallest absolute Gasteiger partial charge is 0.123 e. The van der Waals surface area contributed by atoms with Crippen LogP contribution in [-0.2, 0) is 0 Å². The summed E-state index contributed by atoms with van der Waals surface area (Å²) in [6.45, 7) is 4.30. The van der Waals surface area contributed by atoms with E-state index in [0.717, 1.165) is 25.9 Å². The molecule has 2 unspecified atom stereocenters. The van der Waals surface area contributed by atoms with Crippen molar-refractivity contribution in [3.63, 3.8) is 0 Å². The van der Waals surface area contributed by atoms with Crippen LogP contribution in [0.15, 0.2) is 48.5 Å². The van der Waals surface area contributed by atoms with Crippen molar-refractivity contribution in [1.82, 2.24) is 10.2 Å². The van der Waals surface area contributed by atoms with Crippen LogP contribution in [0.3, 0.4) is 0 Å². The first-order chi connectivity index (χ1) is 13.6. The summed E-state index contributed by atoms with van der Waals surface area (Å²) in [4.78, 5) is 2.70. The first-order valence-electron chi connectivity index (χ1n) is 10.6. The fourth-order valence-electron chi connectivity index (χ4n) is 6.10. The molecule has 148 valence electrons. The van der Waals surface area contributed by atoms with E-state index in [9.17, 15) is 8.78 Å². The van der Waals surface area contributed by atoms with E-state index in [1.807, 2.05) is 24.3 Å². The van der Waals surface area contributed by atoms with Crippen molar-refractivity contribution < 1.29 is 8.78 Å². The first-order valence-corrected chi connectivity index (χ1v) is 10.6. The van der Waals surface area contributed by atoms with Gasteiger partial charge in [0.1, 0.15) is 11.6 Å². The lowest BCUT2D eigenvalue weighted by atomic mass is 9.61. The molecule has 6 rings (SSSR count). The number of rotatable bonds is 3. The van der Waals surface area contributed by atoms with Gasteiger partial charge in [-0.05, 0) is 98.5 Å². The Hall–Kier alpha value is -1.78. The van der Waals surface area contributed by atoms with Crippen LogP contribution in [0.25, 0.3) is 0 Å². The molecule has 28 heavy (non-hydrogen) atoms. The number of likely N-dealkylation sites (tertiary alicyclic amines) is 1. The molecule has 3 heterocycles. The monoisotopic (exact) mass is 382 g/mol. The number of benzene rings is 2. The molecule has 0 amide bonds. The third-order valence-electron chi connectivity index (χ3n) is 7.44. The molecule has 1 N–H and O–H groups in total.